The third-order valence-corrected chi connectivity index (χ3v) is 14.0. The number of esters is 1. The Morgan fingerprint density at radius 3 is 2.29 bits per heavy atom. The van der Waals surface area contributed by atoms with E-state index in [9.17, 15) is 14.7 Å². The molecule has 8 atom stereocenters. The number of hydrogen-bond acceptors (Lipinski definition) is 4. The van der Waals surface area contributed by atoms with Crippen LogP contribution in [0.25, 0.3) is 0 Å². The summed E-state index contributed by atoms with van der Waals surface area (Å²) < 4.78 is 6.06. The van der Waals surface area contributed by atoms with Crippen LogP contribution in [0.5, 0.6) is 0 Å². The van der Waals surface area contributed by atoms with Crippen molar-refractivity contribution in [1.29, 1.82) is 0 Å². The Morgan fingerprint density at radius 2 is 1.61 bits per heavy atom. The van der Waals surface area contributed by atoms with Gasteiger partial charge in [0, 0.05) is 11.8 Å². The molecule has 224 valence electrons. The molecule has 1 aromatic rings. The molecule has 6 rings (SSSR count). The number of aliphatic hydroxyl groups is 1. The maximum atomic E-state index is 13.8. The average molecular weight is 561 g/mol. The normalized spacial score (nSPS) is 43.2. The minimum Gasteiger partial charge on any atom is -0.461 e. The van der Waals surface area contributed by atoms with Crippen LogP contribution in [-0.2, 0) is 9.53 Å². The van der Waals surface area contributed by atoms with E-state index in [1.54, 1.807) is 12.1 Å². The molecule has 0 amide bonds. The van der Waals surface area contributed by atoms with Crippen molar-refractivity contribution in [2.24, 2.45) is 50.7 Å². The van der Waals surface area contributed by atoms with Gasteiger partial charge in [-0.05, 0) is 120 Å². The molecule has 4 fully saturated rings. The van der Waals surface area contributed by atoms with E-state index in [4.69, 9.17) is 4.74 Å². The maximum absolute atomic E-state index is 13.8. The van der Waals surface area contributed by atoms with Crippen LogP contribution >= 0.6 is 0 Å². The minimum atomic E-state index is -0.369. The van der Waals surface area contributed by atoms with E-state index in [1.165, 1.54) is 24.8 Å². The van der Waals surface area contributed by atoms with Gasteiger partial charge in [0.15, 0.2) is 5.78 Å². The van der Waals surface area contributed by atoms with Crippen LogP contribution < -0.4 is 0 Å². The van der Waals surface area contributed by atoms with E-state index in [2.05, 4.69) is 48.5 Å². The second kappa shape index (κ2) is 9.53. The Hall–Kier alpha value is -1.94. The third-order valence-electron chi connectivity index (χ3n) is 14.0. The van der Waals surface area contributed by atoms with E-state index >= 15 is 0 Å². The van der Waals surface area contributed by atoms with Crippen LogP contribution in [0.15, 0.2) is 41.5 Å². The number of benzene rings is 1. The molecule has 0 heterocycles. The Morgan fingerprint density at radius 1 is 0.902 bits per heavy atom. The molecule has 0 spiro atoms. The molecule has 0 aliphatic heterocycles. The highest BCUT2D eigenvalue weighted by atomic mass is 16.5. The summed E-state index contributed by atoms with van der Waals surface area (Å²) in [5, 5.41) is 11.0. The highest BCUT2D eigenvalue weighted by Crippen LogP contribution is 2.76. The van der Waals surface area contributed by atoms with E-state index < -0.39 is 0 Å². The van der Waals surface area contributed by atoms with Crippen molar-refractivity contribution in [2.45, 2.75) is 112 Å². The number of carbonyl (C=O) groups is 2. The fraction of sp³-hybridized carbons (Fsp3) is 0.730. The number of rotatable bonds is 4. The molecule has 5 aliphatic carbocycles. The van der Waals surface area contributed by atoms with Gasteiger partial charge in [0.2, 0.25) is 0 Å². The molecule has 4 heteroatoms. The van der Waals surface area contributed by atoms with Crippen LogP contribution in [-0.4, -0.2) is 29.6 Å². The van der Waals surface area contributed by atoms with Gasteiger partial charge in [0.25, 0.3) is 0 Å². The van der Waals surface area contributed by atoms with Crippen LogP contribution in [0.4, 0.5) is 0 Å². The van der Waals surface area contributed by atoms with Gasteiger partial charge < -0.3 is 9.84 Å². The number of aliphatic hydroxyl groups excluding tert-OH is 1. The second-order valence-electron chi connectivity index (χ2n) is 16.3. The van der Waals surface area contributed by atoms with Gasteiger partial charge in [0.05, 0.1) is 11.7 Å². The zero-order valence-corrected chi connectivity index (χ0v) is 26.5. The summed E-state index contributed by atoms with van der Waals surface area (Å²) in [7, 11) is 0. The van der Waals surface area contributed by atoms with Gasteiger partial charge in [-0.1, -0.05) is 66.7 Å². The number of ketones is 1. The summed E-state index contributed by atoms with van der Waals surface area (Å²) in [4.78, 5) is 26.8. The van der Waals surface area contributed by atoms with E-state index in [-0.39, 0.29) is 50.8 Å². The topological polar surface area (TPSA) is 63.6 Å². The van der Waals surface area contributed by atoms with Gasteiger partial charge in [-0.3, -0.25) is 4.79 Å². The van der Waals surface area contributed by atoms with Gasteiger partial charge in [-0.15, -0.1) is 0 Å². The molecule has 5 aliphatic rings. The molecule has 0 aromatic heterocycles. The number of hydrogen-bond donors (Lipinski definition) is 1. The molecule has 41 heavy (non-hydrogen) atoms. The Bertz CT molecular complexity index is 1260. The zero-order valence-electron chi connectivity index (χ0n) is 26.5. The molecule has 1 aromatic carbocycles. The largest absolute Gasteiger partial charge is 0.461 e. The zero-order chi connectivity index (χ0) is 29.6. The molecule has 0 unspecified atom stereocenters. The second-order valence-corrected chi connectivity index (χ2v) is 16.3. The first-order valence-electron chi connectivity index (χ1n) is 16.4. The molecule has 0 bridgehead atoms. The first kappa shape index (κ1) is 29.1. The highest BCUT2D eigenvalue weighted by molar-refractivity contribution is 6.00. The fourth-order valence-electron chi connectivity index (χ4n) is 11.8. The lowest BCUT2D eigenvalue weighted by molar-refractivity contribution is -0.229. The van der Waals surface area contributed by atoms with Crippen molar-refractivity contribution in [3.05, 3.63) is 47.0 Å². The van der Waals surface area contributed by atoms with Gasteiger partial charge in [0.1, 0.15) is 6.61 Å². The lowest BCUT2D eigenvalue weighted by Crippen LogP contribution is -2.65. The lowest BCUT2D eigenvalue weighted by atomic mass is 9.33. The number of carbonyl (C=O) groups excluding carboxylic acids is 2. The summed E-state index contributed by atoms with van der Waals surface area (Å²) in [5.41, 5.74) is 3.05. The molecule has 4 saturated carbocycles. The molecular formula is C37H52O4. The number of Topliss-reactive ketones (excluding diaryl/α,β-unsaturated/α-hetero) is 1. The fourth-order valence-corrected chi connectivity index (χ4v) is 11.8. The monoisotopic (exact) mass is 560 g/mol. The molecule has 0 saturated heterocycles. The SMILES string of the molecule is CC(C)C1=C2[C@H]3CC[C@@H]4[C@@]5(C)CC[C@H](O)C(C)(C)[C@@H]5CC[C@@]4(C)[C@]3(C)CC[C@@]2(COC(=O)c2ccccc2)CC1=O. The van der Waals surface area contributed by atoms with Crippen molar-refractivity contribution in [2.75, 3.05) is 6.61 Å². The summed E-state index contributed by atoms with van der Waals surface area (Å²) in [5.74, 6) is 1.66. The van der Waals surface area contributed by atoms with Gasteiger partial charge in [-0.25, -0.2) is 4.79 Å². The number of ether oxygens (including phenoxy) is 1. The Labute approximate surface area is 247 Å². The van der Waals surface area contributed by atoms with Crippen molar-refractivity contribution in [3.8, 4) is 0 Å². The van der Waals surface area contributed by atoms with E-state index in [0.717, 1.165) is 37.7 Å². The molecule has 4 nitrogen and oxygen atoms in total. The Balaban J connectivity index is 1.37. The van der Waals surface area contributed by atoms with Crippen molar-refractivity contribution < 1.29 is 19.4 Å². The van der Waals surface area contributed by atoms with Crippen LogP contribution in [0.2, 0.25) is 0 Å². The molecule has 0 radical (unpaired) electrons. The molecular weight excluding hydrogens is 508 g/mol. The minimum absolute atomic E-state index is 0.0539. The van der Waals surface area contributed by atoms with E-state index in [0.29, 0.717) is 36.3 Å². The van der Waals surface area contributed by atoms with Crippen molar-refractivity contribution in [1.82, 2.24) is 0 Å². The Kier molecular flexibility index (Phi) is 6.77. The first-order valence-corrected chi connectivity index (χ1v) is 16.4. The number of allylic oxidation sites excluding steroid dienone is 1. The first-order chi connectivity index (χ1) is 19.2. The molecule has 1 N–H and O–H groups in total. The standard InChI is InChI=1S/C37H52O4/c1-23(2)30-26(38)21-37(22-41-32(40)24-11-9-8-10-12-24)20-19-35(6)25(31(30)37)13-14-28-34(5)17-16-29(39)33(3,4)27(34)15-18-36(28,35)7/h8-12,23,25,27-29,39H,13-22H2,1-7H3/t25-,27+,28-,29+,34+,35-,36-,37+/m1/s1. The smallest absolute Gasteiger partial charge is 0.338 e. The summed E-state index contributed by atoms with van der Waals surface area (Å²) in [6.07, 6.45) is 8.91. The number of fused-ring (bicyclic) bond motifs is 7. The van der Waals surface area contributed by atoms with Crippen molar-refractivity contribution in [3.63, 3.8) is 0 Å². The third kappa shape index (κ3) is 3.94. The van der Waals surface area contributed by atoms with Gasteiger partial charge >= 0.3 is 5.97 Å². The lowest BCUT2D eigenvalue weighted by Gasteiger charge is -2.72. The average Bonchev–Trinajstić information content (AvgIpc) is 3.23. The van der Waals surface area contributed by atoms with Crippen molar-refractivity contribution >= 4 is 11.8 Å². The quantitative estimate of drug-likeness (QED) is 0.377. The summed E-state index contributed by atoms with van der Waals surface area (Å²) in [6.45, 7) is 17.0. The van der Waals surface area contributed by atoms with E-state index in [1.807, 2.05) is 18.2 Å². The summed E-state index contributed by atoms with van der Waals surface area (Å²) in [6, 6.07) is 9.25. The van der Waals surface area contributed by atoms with Gasteiger partial charge in [-0.2, -0.15) is 0 Å². The highest BCUT2D eigenvalue weighted by Gasteiger charge is 2.70. The van der Waals surface area contributed by atoms with Crippen LogP contribution in [0.3, 0.4) is 0 Å². The maximum Gasteiger partial charge on any atom is 0.338 e. The van der Waals surface area contributed by atoms with Crippen LogP contribution in [0, 0.1) is 50.7 Å². The predicted octanol–water partition coefficient (Wildman–Crippen LogP) is 8.19. The van der Waals surface area contributed by atoms with Crippen LogP contribution in [0.1, 0.15) is 117 Å². The summed E-state index contributed by atoms with van der Waals surface area (Å²) >= 11 is 0. The predicted molar refractivity (Wildman–Crippen MR) is 162 cm³/mol.